The van der Waals surface area contributed by atoms with Crippen LogP contribution in [0, 0.1) is 0 Å². The van der Waals surface area contributed by atoms with Crippen LogP contribution in [-0.2, 0) is 13.6 Å². The van der Waals surface area contributed by atoms with Crippen LogP contribution in [-0.4, -0.2) is 62.9 Å². The van der Waals surface area contributed by atoms with Crippen LogP contribution in [0.3, 0.4) is 0 Å². The maximum Gasteiger partial charge on any atom is 0.262 e. The molecule has 0 saturated carbocycles. The summed E-state index contributed by atoms with van der Waals surface area (Å²) in [4.78, 5) is 28.4. The van der Waals surface area contributed by atoms with Crippen LogP contribution in [0.4, 0.5) is 5.69 Å². The van der Waals surface area contributed by atoms with Crippen molar-refractivity contribution in [3.8, 4) is 5.88 Å². The van der Waals surface area contributed by atoms with Crippen LogP contribution < -0.4 is 15.2 Å². The van der Waals surface area contributed by atoms with Gasteiger partial charge >= 0.3 is 0 Å². The molecule has 3 aromatic heterocycles. The zero-order valence-corrected chi connectivity index (χ0v) is 14.8. The van der Waals surface area contributed by atoms with E-state index in [-0.39, 0.29) is 5.56 Å². The van der Waals surface area contributed by atoms with Crippen LogP contribution in [0.5, 0.6) is 5.88 Å². The monoisotopic (exact) mass is 355 g/mol. The number of rotatable bonds is 4. The summed E-state index contributed by atoms with van der Waals surface area (Å²) in [5.74, 6) is 1.29. The molecule has 4 rings (SSSR count). The molecule has 0 amide bonds. The summed E-state index contributed by atoms with van der Waals surface area (Å²) in [7, 11) is 3.40. The number of anilines is 1. The molecule has 1 saturated heterocycles. The molecule has 9 nitrogen and oxygen atoms in total. The van der Waals surface area contributed by atoms with Gasteiger partial charge < -0.3 is 14.6 Å². The van der Waals surface area contributed by atoms with E-state index in [0.29, 0.717) is 29.3 Å². The first-order valence-corrected chi connectivity index (χ1v) is 8.52. The van der Waals surface area contributed by atoms with Crippen LogP contribution in [0.2, 0.25) is 0 Å². The first kappa shape index (κ1) is 16.5. The van der Waals surface area contributed by atoms with Crippen LogP contribution in [0.15, 0.2) is 29.3 Å². The molecule has 0 spiro atoms. The number of aromatic amines is 1. The molecule has 0 unspecified atom stereocenters. The summed E-state index contributed by atoms with van der Waals surface area (Å²) >= 11 is 0. The highest BCUT2D eigenvalue weighted by molar-refractivity contribution is 5.72. The second-order valence-electron chi connectivity index (χ2n) is 6.34. The van der Waals surface area contributed by atoms with Crippen LogP contribution in [0.1, 0.15) is 5.82 Å². The standard InChI is InChI=1S/C17H21N7O2/c1-22-16-13(10-19-22)17(25)21-14(20-16)11-23-5-7-24(8-6-23)12-3-4-15(26-2)18-9-12/h3-4,9-10H,5-8,11H2,1-2H3,(H,20,21,25). The molecular weight excluding hydrogens is 334 g/mol. The minimum Gasteiger partial charge on any atom is -0.481 e. The summed E-state index contributed by atoms with van der Waals surface area (Å²) in [6.45, 7) is 4.18. The van der Waals surface area contributed by atoms with Crippen molar-refractivity contribution < 1.29 is 4.74 Å². The van der Waals surface area contributed by atoms with Crippen molar-refractivity contribution in [2.24, 2.45) is 7.05 Å². The molecule has 0 atom stereocenters. The Morgan fingerprint density at radius 3 is 2.69 bits per heavy atom. The van der Waals surface area contributed by atoms with E-state index in [0.717, 1.165) is 31.9 Å². The fourth-order valence-corrected chi connectivity index (χ4v) is 3.21. The van der Waals surface area contributed by atoms with Gasteiger partial charge in [0.05, 0.1) is 31.7 Å². The molecule has 136 valence electrons. The fraction of sp³-hybridized carbons (Fsp3) is 0.412. The molecule has 26 heavy (non-hydrogen) atoms. The number of pyridine rings is 1. The van der Waals surface area contributed by atoms with Gasteiger partial charge in [-0.25, -0.2) is 9.97 Å². The Morgan fingerprint density at radius 2 is 2.00 bits per heavy atom. The lowest BCUT2D eigenvalue weighted by atomic mass is 10.2. The molecule has 1 aliphatic heterocycles. The number of hydrogen-bond acceptors (Lipinski definition) is 7. The Hall–Kier alpha value is -2.94. The van der Waals surface area contributed by atoms with Crippen LogP contribution >= 0.6 is 0 Å². The second-order valence-corrected chi connectivity index (χ2v) is 6.34. The molecular formula is C17H21N7O2. The molecule has 0 bridgehead atoms. The summed E-state index contributed by atoms with van der Waals surface area (Å²) < 4.78 is 6.73. The van der Waals surface area contributed by atoms with Gasteiger partial charge in [0.15, 0.2) is 5.65 Å². The lowest BCUT2D eigenvalue weighted by molar-refractivity contribution is 0.244. The van der Waals surface area contributed by atoms with Crippen molar-refractivity contribution in [2.45, 2.75) is 6.54 Å². The zero-order valence-electron chi connectivity index (χ0n) is 14.8. The number of nitrogens with one attached hydrogen (secondary N) is 1. The maximum absolute atomic E-state index is 12.2. The lowest BCUT2D eigenvalue weighted by Crippen LogP contribution is -2.46. The van der Waals surface area contributed by atoms with E-state index in [4.69, 9.17) is 4.74 Å². The quantitative estimate of drug-likeness (QED) is 0.723. The summed E-state index contributed by atoms with van der Waals surface area (Å²) in [6, 6.07) is 3.90. The Morgan fingerprint density at radius 1 is 1.19 bits per heavy atom. The van der Waals surface area contributed by atoms with Gasteiger partial charge in [0, 0.05) is 39.3 Å². The molecule has 4 heterocycles. The highest BCUT2D eigenvalue weighted by Crippen LogP contribution is 2.18. The van der Waals surface area contributed by atoms with E-state index in [1.165, 1.54) is 0 Å². The molecule has 9 heteroatoms. The minimum atomic E-state index is -0.138. The highest BCUT2D eigenvalue weighted by atomic mass is 16.5. The molecule has 1 N–H and O–H groups in total. The Kier molecular flexibility index (Phi) is 4.29. The smallest absolute Gasteiger partial charge is 0.262 e. The average molecular weight is 355 g/mol. The Bertz CT molecular complexity index is 955. The average Bonchev–Trinajstić information content (AvgIpc) is 3.04. The summed E-state index contributed by atoms with van der Waals surface area (Å²) in [6.07, 6.45) is 3.39. The summed E-state index contributed by atoms with van der Waals surface area (Å²) in [5, 5.41) is 4.62. The first-order valence-electron chi connectivity index (χ1n) is 8.52. The number of aryl methyl sites for hydroxylation is 1. The van der Waals surface area contributed by atoms with E-state index in [1.54, 1.807) is 25.0 Å². The van der Waals surface area contributed by atoms with E-state index >= 15 is 0 Å². The van der Waals surface area contributed by atoms with Gasteiger partial charge in [-0.05, 0) is 6.07 Å². The molecule has 0 radical (unpaired) electrons. The van der Waals surface area contributed by atoms with E-state index < -0.39 is 0 Å². The van der Waals surface area contributed by atoms with E-state index in [9.17, 15) is 4.79 Å². The number of H-pyrrole nitrogens is 1. The number of piperazine rings is 1. The van der Waals surface area contributed by atoms with Gasteiger partial charge in [-0.1, -0.05) is 0 Å². The second kappa shape index (κ2) is 6.75. The number of fused-ring (bicyclic) bond motifs is 1. The number of ether oxygens (including phenoxy) is 1. The predicted octanol–water partition coefficient (Wildman–Crippen LogP) is 0.382. The van der Waals surface area contributed by atoms with Gasteiger partial charge in [0.1, 0.15) is 11.2 Å². The SMILES string of the molecule is COc1ccc(N2CCN(Cc3nc4c(cnn4C)c(=O)[nH]3)CC2)cn1. The lowest BCUT2D eigenvalue weighted by Gasteiger charge is -2.35. The van der Waals surface area contributed by atoms with Crippen molar-refractivity contribution in [1.82, 2.24) is 29.6 Å². The first-order chi connectivity index (χ1) is 12.6. The van der Waals surface area contributed by atoms with Gasteiger partial charge in [-0.15, -0.1) is 0 Å². The van der Waals surface area contributed by atoms with Gasteiger partial charge in [-0.3, -0.25) is 14.4 Å². The Labute approximate surface area is 150 Å². The van der Waals surface area contributed by atoms with E-state index in [2.05, 4.69) is 29.9 Å². The summed E-state index contributed by atoms with van der Waals surface area (Å²) in [5.41, 5.74) is 1.57. The Balaban J connectivity index is 1.42. The largest absolute Gasteiger partial charge is 0.481 e. The topological polar surface area (TPSA) is 92.2 Å². The van der Waals surface area contributed by atoms with Crippen molar-refractivity contribution in [2.75, 3.05) is 38.2 Å². The number of methoxy groups -OCH3 is 1. The van der Waals surface area contributed by atoms with Gasteiger partial charge in [-0.2, -0.15) is 5.10 Å². The fourth-order valence-electron chi connectivity index (χ4n) is 3.21. The zero-order chi connectivity index (χ0) is 18.1. The third kappa shape index (κ3) is 3.13. The third-order valence-corrected chi connectivity index (χ3v) is 4.69. The third-order valence-electron chi connectivity index (χ3n) is 4.69. The molecule has 1 aliphatic rings. The van der Waals surface area contributed by atoms with Crippen LogP contribution in [0.25, 0.3) is 11.0 Å². The minimum absolute atomic E-state index is 0.138. The highest BCUT2D eigenvalue weighted by Gasteiger charge is 2.19. The van der Waals surface area contributed by atoms with Gasteiger partial charge in [0.2, 0.25) is 5.88 Å². The van der Waals surface area contributed by atoms with Crippen molar-refractivity contribution in [1.29, 1.82) is 0 Å². The molecule has 0 aliphatic carbocycles. The molecule has 3 aromatic rings. The normalized spacial score (nSPS) is 15.5. The molecule has 0 aromatic carbocycles. The van der Waals surface area contributed by atoms with Crippen molar-refractivity contribution >= 4 is 16.7 Å². The van der Waals surface area contributed by atoms with Crippen molar-refractivity contribution in [3.63, 3.8) is 0 Å². The number of aromatic nitrogens is 5. The number of hydrogen-bond donors (Lipinski definition) is 1. The number of nitrogens with zero attached hydrogens (tertiary/aromatic N) is 6. The van der Waals surface area contributed by atoms with Gasteiger partial charge in [0.25, 0.3) is 5.56 Å². The van der Waals surface area contributed by atoms with Crippen molar-refractivity contribution in [3.05, 3.63) is 40.7 Å². The predicted molar refractivity (Wildman–Crippen MR) is 97.4 cm³/mol. The molecule has 1 fully saturated rings. The van der Waals surface area contributed by atoms with E-state index in [1.807, 2.05) is 18.3 Å². The maximum atomic E-state index is 12.2.